The number of fused-ring (bicyclic) bond motifs is 1. The van der Waals surface area contributed by atoms with Crippen molar-refractivity contribution in [2.45, 2.75) is 13.0 Å². The van der Waals surface area contributed by atoms with Gasteiger partial charge in [0.2, 0.25) is 0 Å². The minimum Gasteiger partial charge on any atom is -0.495 e. The zero-order valence-corrected chi connectivity index (χ0v) is 13.9. The van der Waals surface area contributed by atoms with Crippen molar-refractivity contribution in [3.63, 3.8) is 0 Å². The smallest absolute Gasteiger partial charge is 0.142 e. The highest BCUT2D eigenvalue weighted by atomic mass is 79.9. The van der Waals surface area contributed by atoms with Crippen LogP contribution in [-0.2, 0) is 13.0 Å². The Bertz CT molecular complexity index is 676. The summed E-state index contributed by atoms with van der Waals surface area (Å²) in [5.74, 6) is 1.76. The number of benzene rings is 2. The number of ether oxygens (including phenoxy) is 2. The lowest BCUT2D eigenvalue weighted by molar-refractivity contribution is 0.353. The van der Waals surface area contributed by atoms with Gasteiger partial charge in [0.05, 0.1) is 19.4 Å². The minimum absolute atomic E-state index is 0.651. The molecule has 0 amide bonds. The van der Waals surface area contributed by atoms with Crippen LogP contribution in [0, 0.1) is 0 Å². The molecular weight excluding hydrogens is 354 g/mol. The molecule has 0 bridgehead atoms. The molecule has 0 radical (unpaired) electrons. The molecule has 1 aliphatic rings. The van der Waals surface area contributed by atoms with E-state index in [9.17, 15) is 0 Å². The van der Waals surface area contributed by atoms with Crippen LogP contribution in [0.5, 0.6) is 11.5 Å². The van der Waals surface area contributed by atoms with Gasteiger partial charge in [-0.1, -0.05) is 27.5 Å². The number of methoxy groups -OCH3 is 1. The van der Waals surface area contributed by atoms with Crippen LogP contribution in [0.2, 0.25) is 5.02 Å². The standard InChI is InChI=1S/C16H15BrClNO2/c1-20-15-3-2-13(18)8-14(15)19-9-11-7-12(17)6-10-4-5-21-16(10)11/h2-3,6-8,19H,4-5,9H2,1H3. The molecule has 0 saturated carbocycles. The number of hydrogen-bond acceptors (Lipinski definition) is 3. The van der Waals surface area contributed by atoms with Crippen LogP contribution < -0.4 is 14.8 Å². The second-order valence-corrected chi connectivity index (χ2v) is 6.20. The van der Waals surface area contributed by atoms with Crippen molar-refractivity contribution >= 4 is 33.2 Å². The van der Waals surface area contributed by atoms with E-state index in [4.69, 9.17) is 21.1 Å². The van der Waals surface area contributed by atoms with Gasteiger partial charge in [0.25, 0.3) is 0 Å². The van der Waals surface area contributed by atoms with E-state index in [2.05, 4.69) is 33.4 Å². The van der Waals surface area contributed by atoms with Crippen LogP contribution in [0.15, 0.2) is 34.8 Å². The lowest BCUT2D eigenvalue weighted by Crippen LogP contribution is -2.03. The molecule has 1 aliphatic heterocycles. The Kier molecular flexibility index (Phi) is 4.27. The van der Waals surface area contributed by atoms with Crippen LogP contribution in [0.3, 0.4) is 0 Å². The van der Waals surface area contributed by atoms with Gasteiger partial charge in [-0.05, 0) is 35.9 Å². The third kappa shape index (κ3) is 3.11. The monoisotopic (exact) mass is 367 g/mol. The number of rotatable bonds is 4. The van der Waals surface area contributed by atoms with E-state index in [1.165, 1.54) is 5.56 Å². The Morgan fingerprint density at radius 3 is 3.00 bits per heavy atom. The fourth-order valence-corrected chi connectivity index (χ4v) is 3.21. The predicted molar refractivity (Wildman–Crippen MR) is 88.7 cm³/mol. The van der Waals surface area contributed by atoms with Gasteiger partial charge in [-0.15, -0.1) is 0 Å². The van der Waals surface area contributed by atoms with Crippen molar-refractivity contribution in [1.29, 1.82) is 0 Å². The van der Waals surface area contributed by atoms with Gasteiger partial charge in [0.1, 0.15) is 11.5 Å². The van der Waals surface area contributed by atoms with Gasteiger partial charge in [-0.25, -0.2) is 0 Å². The minimum atomic E-state index is 0.651. The summed E-state index contributed by atoms with van der Waals surface area (Å²) in [7, 11) is 1.65. The molecule has 5 heteroatoms. The van der Waals surface area contributed by atoms with Gasteiger partial charge in [-0.3, -0.25) is 0 Å². The Hall–Kier alpha value is -1.39. The highest BCUT2D eigenvalue weighted by Gasteiger charge is 2.17. The molecular formula is C16H15BrClNO2. The molecule has 3 rings (SSSR count). The lowest BCUT2D eigenvalue weighted by atomic mass is 10.1. The first kappa shape index (κ1) is 14.5. The first-order valence-corrected chi connectivity index (χ1v) is 7.86. The molecule has 2 aromatic carbocycles. The largest absolute Gasteiger partial charge is 0.495 e. The summed E-state index contributed by atoms with van der Waals surface area (Å²) in [5.41, 5.74) is 3.25. The van der Waals surface area contributed by atoms with Crippen LogP contribution in [0.25, 0.3) is 0 Å². The molecule has 0 saturated heterocycles. The Morgan fingerprint density at radius 2 is 2.19 bits per heavy atom. The van der Waals surface area contributed by atoms with Crippen LogP contribution in [0.1, 0.15) is 11.1 Å². The van der Waals surface area contributed by atoms with Crippen molar-refractivity contribution in [1.82, 2.24) is 0 Å². The maximum Gasteiger partial charge on any atom is 0.142 e. The van der Waals surface area contributed by atoms with Gasteiger partial charge in [0.15, 0.2) is 0 Å². The van der Waals surface area contributed by atoms with E-state index in [0.29, 0.717) is 11.6 Å². The highest BCUT2D eigenvalue weighted by Crippen LogP contribution is 2.34. The third-order valence-electron chi connectivity index (χ3n) is 3.46. The average Bonchev–Trinajstić information content (AvgIpc) is 2.93. The first-order valence-electron chi connectivity index (χ1n) is 6.69. The Morgan fingerprint density at radius 1 is 1.33 bits per heavy atom. The van der Waals surface area contributed by atoms with Crippen LogP contribution in [0.4, 0.5) is 5.69 Å². The fourth-order valence-electron chi connectivity index (χ4n) is 2.49. The second kappa shape index (κ2) is 6.16. The van der Waals surface area contributed by atoms with Crippen molar-refractivity contribution in [3.05, 3.63) is 51.0 Å². The fraction of sp³-hybridized carbons (Fsp3) is 0.250. The normalized spacial score (nSPS) is 12.7. The topological polar surface area (TPSA) is 30.5 Å². The molecule has 1 heterocycles. The lowest BCUT2D eigenvalue weighted by Gasteiger charge is -2.14. The summed E-state index contributed by atoms with van der Waals surface area (Å²) in [5, 5.41) is 4.04. The molecule has 21 heavy (non-hydrogen) atoms. The van der Waals surface area contributed by atoms with Gasteiger partial charge in [0, 0.05) is 28.0 Å². The highest BCUT2D eigenvalue weighted by molar-refractivity contribution is 9.10. The molecule has 0 fully saturated rings. The van der Waals surface area contributed by atoms with Crippen molar-refractivity contribution in [2.24, 2.45) is 0 Å². The zero-order chi connectivity index (χ0) is 14.8. The number of anilines is 1. The van der Waals surface area contributed by atoms with E-state index in [1.54, 1.807) is 7.11 Å². The molecule has 0 aromatic heterocycles. The SMILES string of the molecule is COc1ccc(Cl)cc1NCc1cc(Br)cc2c1OCC2. The molecule has 0 spiro atoms. The quantitative estimate of drug-likeness (QED) is 0.851. The molecule has 2 aromatic rings. The summed E-state index contributed by atoms with van der Waals surface area (Å²) < 4.78 is 12.1. The second-order valence-electron chi connectivity index (χ2n) is 4.85. The predicted octanol–water partition coefficient (Wildman–Crippen LogP) is 4.66. The zero-order valence-electron chi connectivity index (χ0n) is 11.6. The summed E-state index contributed by atoms with van der Waals surface area (Å²) in [6, 6.07) is 9.72. The van der Waals surface area contributed by atoms with E-state index in [0.717, 1.165) is 40.3 Å². The van der Waals surface area contributed by atoms with Gasteiger partial charge < -0.3 is 14.8 Å². The summed E-state index contributed by atoms with van der Waals surface area (Å²) in [4.78, 5) is 0. The van der Waals surface area contributed by atoms with Crippen LogP contribution >= 0.6 is 27.5 Å². The van der Waals surface area contributed by atoms with E-state index in [-0.39, 0.29) is 0 Å². The first-order chi connectivity index (χ1) is 10.2. The number of hydrogen-bond donors (Lipinski definition) is 1. The molecule has 0 unspecified atom stereocenters. The summed E-state index contributed by atoms with van der Waals surface area (Å²) in [6.45, 7) is 1.40. The number of halogens is 2. The maximum atomic E-state index is 6.05. The number of nitrogens with one attached hydrogen (secondary N) is 1. The van der Waals surface area contributed by atoms with Crippen molar-refractivity contribution in [3.8, 4) is 11.5 Å². The van der Waals surface area contributed by atoms with E-state index >= 15 is 0 Å². The Balaban J connectivity index is 1.84. The third-order valence-corrected chi connectivity index (χ3v) is 4.15. The van der Waals surface area contributed by atoms with E-state index < -0.39 is 0 Å². The molecule has 0 atom stereocenters. The van der Waals surface area contributed by atoms with Crippen molar-refractivity contribution in [2.75, 3.05) is 19.0 Å². The van der Waals surface area contributed by atoms with Gasteiger partial charge >= 0.3 is 0 Å². The summed E-state index contributed by atoms with van der Waals surface area (Å²) >= 11 is 9.60. The molecule has 0 aliphatic carbocycles. The average molecular weight is 369 g/mol. The van der Waals surface area contributed by atoms with E-state index in [1.807, 2.05) is 18.2 Å². The maximum absolute atomic E-state index is 6.05. The van der Waals surface area contributed by atoms with Gasteiger partial charge in [-0.2, -0.15) is 0 Å². The molecule has 110 valence electrons. The van der Waals surface area contributed by atoms with Crippen LogP contribution in [-0.4, -0.2) is 13.7 Å². The summed E-state index contributed by atoms with van der Waals surface area (Å²) in [6.07, 6.45) is 0.961. The molecule has 3 nitrogen and oxygen atoms in total. The van der Waals surface area contributed by atoms with Crippen molar-refractivity contribution < 1.29 is 9.47 Å². The molecule has 1 N–H and O–H groups in total. The Labute approximate surface area is 137 Å².